The number of hydrogen-bond donors (Lipinski definition) is 1. The van der Waals surface area contributed by atoms with Gasteiger partial charge in [0.1, 0.15) is 12.4 Å². The van der Waals surface area contributed by atoms with Crippen LogP contribution >= 0.6 is 0 Å². The quantitative estimate of drug-likeness (QED) is 0.721. The molecule has 0 radical (unpaired) electrons. The fourth-order valence-corrected chi connectivity index (χ4v) is 1.18. The molecule has 0 aliphatic carbocycles. The zero-order valence-electron chi connectivity index (χ0n) is 8.84. The van der Waals surface area contributed by atoms with E-state index in [-0.39, 0.29) is 0 Å². The minimum atomic E-state index is 0.584. The van der Waals surface area contributed by atoms with E-state index in [1.807, 2.05) is 32.2 Å². The molecule has 76 valence electrons. The van der Waals surface area contributed by atoms with E-state index in [0.717, 1.165) is 17.9 Å². The van der Waals surface area contributed by atoms with Crippen molar-refractivity contribution in [2.75, 3.05) is 13.7 Å². The van der Waals surface area contributed by atoms with Crippen LogP contribution in [0.25, 0.3) is 0 Å². The average Bonchev–Trinajstić information content (AvgIpc) is 2.17. The largest absolute Gasteiger partial charge is 0.489 e. The normalized spacial score (nSPS) is 9.86. The molecule has 0 fully saturated rings. The first-order chi connectivity index (χ1) is 6.74. The Balaban J connectivity index is 2.68. The lowest BCUT2D eigenvalue weighted by Gasteiger charge is -2.10. The van der Waals surface area contributed by atoms with Crippen molar-refractivity contribution < 1.29 is 4.74 Å². The first-order valence-electron chi connectivity index (χ1n) is 4.73. The van der Waals surface area contributed by atoms with E-state index in [0.29, 0.717) is 6.61 Å². The van der Waals surface area contributed by atoms with E-state index in [1.54, 1.807) is 0 Å². The van der Waals surface area contributed by atoms with Crippen molar-refractivity contribution in [2.45, 2.75) is 13.5 Å². The van der Waals surface area contributed by atoms with Crippen LogP contribution in [0.3, 0.4) is 0 Å². The van der Waals surface area contributed by atoms with Gasteiger partial charge >= 0.3 is 0 Å². The molecule has 14 heavy (non-hydrogen) atoms. The highest BCUT2D eigenvalue weighted by Crippen LogP contribution is 2.17. The third kappa shape index (κ3) is 3.23. The molecule has 2 nitrogen and oxygen atoms in total. The molecule has 0 bridgehead atoms. The van der Waals surface area contributed by atoms with Crippen molar-refractivity contribution in [1.29, 1.82) is 0 Å². The molecule has 0 heterocycles. The second-order valence-electron chi connectivity index (χ2n) is 3.38. The summed E-state index contributed by atoms with van der Waals surface area (Å²) in [5.41, 5.74) is 2.21. The molecule has 0 unspecified atom stereocenters. The SMILES string of the molecule is C=C(C)COc1ccccc1CNC. The monoisotopic (exact) mass is 191 g/mol. The topological polar surface area (TPSA) is 21.3 Å². The highest BCUT2D eigenvalue weighted by Gasteiger charge is 2.00. The Kier molecular flexibility index (Phi) is 4.20. The fourth-order valence-electron chi connectivity index (χ4n) is 1.18. The van der Waals surface area contributed by atoms with E-state index in [4.69, 9.17) is 4.74 Å². The maximum atomic E-state index is 5.61. The smallest absolute Gasteiger partial charge is 0.124 e. The van der Waals surface area contributed by atoms with Crippen molar-refractivity contribution >= 4 is 0 Å². The molecule has 0 saturated heterocycles. The van der Waals surface area contributed by atoms with Crippen molar-refractivity contribution in [2.24, 2.45) is 0 Å². The number of ether oxygens (including phenoxy) is 1. The Morgan fingerprint density at radius 3 is 2.79 bits per heavy atom. The van der Waals surface area contributed by atoms with Gasteiger partial charge in [0.25, 0.3) is 0 Å². The third-order valence-electron chi connectivity index (χ3n) is 1.81. The average molecular weight is 191 g/mol. The van der Waals surface area contributed by atoms with Gasteiger partial charge < -0.3 is 10.1 Å². The van der Waals surface area contributed by atoms with Crippen LogP contribution < -0.4 is 10.1 Å². The van der Waals surface area contributed by atoms with E-state index in [9.17, 15) is 0 Å². The lowest BCUT2D eigenvalue weighted by molar-refractivity contribution is 0.348. The standard InChI is InChI=1S/C12H17NO/c1-10(2)9-14-12-7-5-4-6-11(12)8-13-3/h4-7,13H,1,8-9H2,2-3H3. The predicted octanol–water partition coefficient (Wildman–Crippen LogP) is 2.36. The summed E-state index contributed by atoms with van der Waals surface area (Å²) in [5, 5.41) is 3.11. The van der Waals surface area contributed by atoms with Gasteiger partial charge in [0.15, 0.2) is 0 Å². The number of rotatable bonds is 5. The summed E-state index contributed by atoms with van der Waals surface area (Å²) in [7, 11) is 1.93. The zero-order chi connectivity index (χ0) is 10.4. The molecular weight excluding hydrogens is 174 g/mol. The molecule has 0 aromatic heterocycles. The highest BCUT2D eigenvalue weighted by atomic mass is 16.5. The van der Waals surface area contributed by atoms with Gasteiger partial charge in [-0.25, -0.2) is 0 Å². The van der Waals surface area contributed by atoms with Gasteiger partial charge in [-0.2, -0.15) is 0 Å². The Morgan fingerprint density at radius 2 is 2.14 bits per heavy atom. The summed E-state index contributed by atoms with van der Waals surface area (Å²) in [6, 6.07) is 8.03. The number of para-hydroxylation sites is 1. The summed E-state index contributed by atoms with van der Waals surface area (Å²) < 4.78 is 5.61. The van der Waals surface area contributed by atoms with Crippen LogP contribution in [-0.4, -0.2) is 13.7 Å². The molecule has 2 heteroatoms. The molecule has 1 aromatic rings. The predicted molar refractivity (Wildman–Crippen MR) is 59.5 cm³/mol. The van der Waals surface area contributed by atoms with E-state index >= 15 is 0 Å². The molecule has 0 spiro atoms. The van der Waals surface area contributed by atoms with Crippen LogP contribution in [0.5, 0.6) is 5.75 Å². The zero-order valence-corrected chi connectivity index (χ0v) is 8.84. The van der Waals surface area contributed by atoms with E-state index < -0.39 is 0 Å². The summed E-state index contributed by atoms with van der Waals surface area (Å²) in [6.07, 6.45) is 0. The van der Waals surface area contributed by atoms with Crippen molar-refractivity contribution in [1.82, 2.24) is 5.32 Å². The molecule has 0 aliphatic heterocycles. The maximum absolute atomic E-state index is 5.61. The van der Waals surface area contributed by atoms with E-state index in [1.165, 1.54) is 5.56 Å². The fraction of sp³-hybridized carbons (Fsp3) is 0.333. The molecule has 1 N–H and O–H groups in total. The second kappa shape index (κ2) is 5.45. The summed E-state index contributed by atoms with van der Waals surface area (Å²) in [4.78, 5) is 0. The molecule has 0 saturated carbocycles. The molecule has 0 amide bonds. The van der Waals surface area contributed by atoms with Crippen LogP contribution in [0.2, 0.25) is 0 Å². The number of benzene rings is 1. The van der Waals surface area contributed by atoms with Crippen LogP contribution in [0, 0.1) is 0 Å². The van der Waals surface area contributed by atoms with Crippen LogP contribution in [0.4, 0.5) is 0 Å². The van der Waals surface area contributed by atoms with Crippen LogP contribution in [-0.2, 0) is 6.54 Å². The Bertz CT molecular complexity index is 307. The van der Waals surface area contributed by atoms with E-state index in [2.05, 4.69) is 18.0 Å². The van der Waals surface area contributed by atoms with Gasteiger partial charge in [0.05, 0.1) is 0 Å². The van der Waals surface area contributed by atoms with Gasteiger partial charge in [0, 0.05) is 12.1 Å². The van der Waals surface area contributed by atoms with Crippen molar-refractivity contribution in [3.05, 3.63) is 42.0 Å². The first-order valence-corrected chi connectivity index (χ1v) is 4.73. The molecule has 0 atom stereocenters. The molecule has 0 aliphatic rings. The molecule has 1 rings (SSSR count). The highest BCUT2D eigenvalue weighted by molar-refractivity contribution is 5.33. The number of nitrogens with one attached hydrogen (secondary N) is 1. The lowest BCUT2D eigenvalue weighted by atomic mass is 10.2. The Hall–Kier alpha value is -1.28. The third-order valence-corrected chi connectivity index (χ3v) is 1.81. The Morgan fingerprint density at radius 1 is 1.43 bits per heavy atom. The summed E-state index contributed by atoms with van der Waals surface area (Å²) >= 11 is 0. The maximum Gasteiger partial charge on any atom is 0.124 e. The Labute approximate surface area is 85.6 Å². The minimum Gasteiger partial charge on any atom is -0.489 e. The number of hydrogen-bond acceptors (Lipinski definition) is 2. The van der Waals surface area contributed by atoms with Gasteiger partial charge in [-0.3, -0.25) is 0 Å². The van der Waals surface area contributed by atoms with Crippen LogP contribution in [0.1, 0.15) is 12.5 Å². The van der Waals surface area contributed by atoms with Gasteiger partial charge in [0.2, 0.25) is 0 Å². The van der Waals surface area contributed by atoms with Crippen LogP contribution in [0.15, 0.2) is 36.4 Å². The van der Waals surface area contributed by atoms with Gasteiger partial charge in [-0.05, 0) is 25.6 Å². The second-order valence-corrected chi connectivity index (χ2v) is 3.38. The lowest BCUT2D eigenvalue weighted by Crippen LogP contribution is -2.08. The summed E-state index contributed by atoms with van der Waals surface area (Å²) in [5.74, 6) is 0.935. The molecule has 1 aromatic carbocycles. The van der Waals surface area contributed by atoms with Crippen molar-refractivity contribution in [3.8, 4) is 5.75 Å². The van der Waals surface area contributed by atoms with Crippen molar-refractivity contribution in [3.63, 3.8) is 0 Å². The van der Waals surface area contributed by atoms with Gasteiger partial charge in [-0.15, -0.1) is 0 Å². The first kappa shape index (κ1) is 10.8. The minimum absolute atomic E-state index is 0.584. The molecular formula is C12H17NO. The summed E-state index contributed by atoms with van der Waals surface area (Å²) in [6.45, 7) is 7.17. The van der Waals surface area contributed by atoms with Gasteiger partial charge in [-0.1, -0.05) is 24.8 Å².